The van der Waals surface area contributed by atoms with Crippen LogP contribution in [-0.2, 0) is 42.3 Å². The normalized spacial score (nSPS) is 12.4. The molecule has 14 heteroatoms. The number of aryl methyl sites for hydroxylation is 1. The highest BCUT2D eigenvalue weighted by Crippen LogP contribution is 2.34. The first kappa shape index (κ1) is 33.8. The highest BCUT2D eigenvalue weighted by molar-refractivity contribution is 5.82. The molecule has 0 amide bonds. The van der Waals surface area contributed by atoms with Gasteiger partial charge in [0.15, 0.2) is 11.6 Å². The third kappa shape index (κ3) is 5.80. The lowest BCUT2D eigenvalue weighted by molar-refractivity contribution is 0.326. The molecule has 1 atom stereocenters. The van der Waals surface area contributed by atoms with Crippen molar-refractivity contribution >= 4 is 16.9 Å². The first-order chi connectivity index (χ1) is 25.5. The fourth-order valence-corrected chi connectivity index (χ4v) is 6.90. The van der Waals surface area contributed by atoms with Crippen LogP contribution in [0.3, 0.4) is 0 Å². The minimum atomic E-state index is 0.367. The molecule has 0 bridgehead atoms. The van der Waals surface area contributed by atoms with E-state index in [1.165, 1.54) is 0 Å². The average Bonchev–Trinajstić information content (AvgIpc) is 4.01. The van der Waals surface area contributed by atoms with E-state index in [0.717, 1.165) is 80.5 Å². The van der Waals surface area contributed by atoms with Gasteiger partial charge in [0.1, 0.15) is 5.82 Å². The third-order valence-corrected chi connectivity index (χ3v) is 10.5. The summed E-state index contributed by atoms with van der Waals surface area (Å²) in [6.07, 6.45) is 7.39. The van der Waals surface area contributed by atoms with Gasteiger partial charge in [0.2, 0.25) is 0 Å². The molecule has 0 aliphatic rings. The van der Waals surface area contributed by atoms with E-state index in [1.807, 2.05) is 65.6 Å². The smallest absolute Gasteiger partial charge is 0.304 e. The molecular weight excluding hydrogens is 667 g/mol. The Hall–Kier alpha value is -6.28. The fraction of sp³-hybridized carbons (Fsp3) is 0.282. The van der Waals surface area contributed by atoms with Crippen molar-refractivity contribution in [3.05, 3.63) is 79.4 Å². The number of hydrogen-bond donors (Lipinski definition) is 2. The van der Waals surface area contributed by atoms with Gasteiger partial charge in [0, 0.05) is 72.8 Å². The molecule has 2 N–H and O–H groups in total. The molecule has 0 saturated heterocycles. The lowest BCUT2D eigenvalue weighted by Gasteiger charge is -2.21. The minimum absolute atomic E-state index is 0.367. The maximum absolute atomic E-state index is 6.22. The molecule has 1 aromatic carbocycles. The summed E-state index contributed by atoms with van der Waals surface area (Å²) in [6.45, 7) is 3.09. The Kier molecular flexibility index (Phi) is 8.33. The topological polar surface area (TPSA) is 121 Å². The van der Waals surface area contributed by atoms with Gasteiger partial charge >= 0.3 is 12.0 Å². The van der Waals surface area contributed by atoms with E-state index in [1.54, 1.807) is 6.20 Å². The van der Waals surface area contributed by atoms with Crippen molar-refractivity contribution in [2.24, 2.45) is 42.3 Å². The number of aromatic amines is 1. The van der Waals surface area contributed by atoms with Crippen LogP contribution in [0, 0.1) is 0 Å². The van der Waals surface area contributed by atoms with Gasteiger partial charge in [0.25, 0.3) is 0 Å². The van der Waals surface area contributed by atoms with Gasteiger partial charge in [-0.15, -0.1) is 0 Å². The number of aromatic nitrogens is 11. The van der Waals surface area contributed by atoms with Crippen molar-refractivity contribution in [2.45, 2.75) is 13.0 Å². The van der Waals surface area contributed by atoms with Crippen LogP contribution >= 0.6 is 0 Å². The van der Waals surface area contributed by atoms with Crippen LogP contribution in [0.1, 0.15) is 6.92 Å². The van der Waals surface area contributed by atoms with Crippen molar-refractivity contribution in [1.29, 1.82) is 0 Å². The van der Waals surface area contributed by atoms with E-state index in [9.17, 15) is 0 Å². The first-order valence-corrected chi connectivity index (χ1v) is 17.6. The van der Waals surface area contributed by atoms with Crippen LogP contribution in [-0.4, -0.2) is 83.9 Å². The van der Waals surface area contributed by atoms with Gasteiger partial charge in [-0.2, -0.15) is 4.98 Å². The summed E-state index contributed by atoms with van der Waals surface area (Å²) in [5.41, 5.74) is 10.1. The van der Waals surface area contributed by atoms with Gasteiger partial charge in [-0.1, -0.05) is 6.07 Å². The largest absolute Gasteiger partial charge is 0.391 e. The summed E-state index contributed by atoms with van der Waals surface area (Å²) < 4.78 is 18.8. The number of anilines is 1. The van der Waals surface area contributed by atoms with Crippen molar-refractivity contribution in [2.75, 3.05) is 26.0 Å². The van der Waals surface area contributed by atoms with Crippen LogP contribution in [0.25, 0.3) is 68.1 Å². The Bertz CT molecular complexity index is 2580. The molecule has 0 aliphatic carbocycles. The average molecular weight is 712 g/mol. The number of benzene rings is 1. The Labute approximate surface area is 307 Å². The minimum Gasteiger partial charge on any atom is -0.391 e. The van der Waals surface area contributed by atoms with Crippen molar-refractivity contribution in [3.63, 3.8) is 0 Å². The number of nitrogens with zero attached hydrogens (tertiary/aromatic N) is 11. The SMILES string of the molecule is CC(CNc1ccc(-c2ccc(-c3ccc(-c4cnc(Oc5nc6ccc(-c7cnc(-c8nccn8C)n7C)cc6[nH]5)n4C)n3C)n2C)n1C)N(C)C. The summed E-state index contributed by atoms with van der Waals surface area (Å²) in [5.74, 6) is 2.70. The Morgan fingerprint density at radius 2 is 1.34 bits per heavy atom. The molecule has 0 saturated carbocycles. The van der Waals surface area contributed by atoms with Crippen LogP contribution in [0.15, 0.2) is 79.4 Å². The van der Waals surface area contributed by atoms with E-state index in [0.29, 0.717) is 18.1 Å². The van der Waals surface area contributed by atoms with Crippen LogP contribution in [0.4, 0.5) is 5.82 Å². The number of nitrogens with one attached hydrogen (secondary N) is 2. The van der Waals surface area contributed by atoms with E-state index in [4.69, 9.17) is 9.72 Å². The van der Waals surface area contributed by atoms with Crippen molar-refractivity contribution in [1.82, 2.24) is 57.2 Å². The van der Waals surface area contributed by atoms with Gasteiger partial charge < -0.3 is 42.8 Å². The molecular formula is C39H45N13O. The van der Waals surface area contributed by atoms with Crippen molar-refractivity contribution in [3.8, 4) is 69.1 Å². The number of imidazole rings is 4. The van der Waals surface area contributed by atoms with Gasteiger partial charge in [-0.3, -0.25) is 4.57 Å². The molecule has 0 aliphatic heterocycles. The summed E-state index contributed by atoms with van der Waals surface area (Å²) in [7, 11) is 16.4. The van der Waals surface area contributed by atoms with Crippen LogP contribution in [0.5, 0.6) is 12.0 Å². The lowest BCUT2D eigenvalue weighted by Crippen LogP contribution is -2.31. The number of hydrogen-bond acceptors (Lipinski definition) is 7. The predicted octanol–water partition coefficient (Wildman–Crippen LogP) is 6.27. The van der Waals surface area contributed by atoms with Crippen LogP contribution in [0.2, 0.25) is 0 Å². The molecule has 7 heterocycles. The van der Waals surface area contributed by atoms with E-state index in [2.05, 4.69) is 128 Å². The summed E-state index contributed by atoms with van der Waals surface area (Å²) in [4.78, 5) is 24.0. The number of fused-ring (bicyclic) bond motifs is 1. The van der Waals surface area contributed by atoms with E-state index in [-0.39, 0.29) is 0 Å². The van der Waals surface area contributed by atoms with Gasteiger partial charge in [0.05, 0.1) is 63.3 Å². The molecule has 1 unspecified atom stereocenters. The molecule has 8 aromatic rings. The molecule has 8 rings (SSSR count). The van der Waals surface area contributed by atoms with Gasteiger partial charge in [-0.05, 0) is 69.6 Å². The molecule has 53 heavy (non-hydrogen) atoms. The summed E-state index contributed by atoms with van der Waals surface area (Å²) >= 11 is 0. The Morgan fingerprint density at radius 1 is 0.698 bits per heavy atom. The lowest BCUT2D eigenvalue weighted by atomic mass is 10.1. The number of H-pyrrole nitrogens is 1. The summed E-state index contributed by atoms with van der Waals surface area (Å²) in [6, 6.07) is 20.3. The monoisotopic (exact) mass is 711 g/mol. The molecule has 0 fully saturated rings. The van der Waals surface area contributed by atoms with E-state index < -0.39 is 0 Å². The molecule has 272 valence electrons. The molecule has 0 spiro atoms. The second kappa shape index (κ2) is 13.0. The summed E-state index contributed by atoms with van der Waals surface area (Å²) in [5, 5.41) is 3.60. The third-order valence-electron chi connectivity index (χ3n) is 10.5. The van der Waals surface area contributed by atoms with E-state index >= 15 is 0 Å². The zero-order valence-corrected chi connectivity index (χ0v) is 31.6. The maximum atomic E-state index is 6.22. The highest BCUT2D eigenvalue weighted by Gasteiger charge is 2.20. The standard InChI is InChI=1S/C39H45N13O/c1-24(46(2)3)21-41-35-17-16-31(50(35)7)30-13-12-28(48(30)5)29-14-15-32(49(29)6)34-23-43-39(52(34)9)53-38-44-26-11-10-25(20-27(26)45-38)33-22-42-37(51(33)8)36-40-18-19-47(36)4/h10-20,22-24,41H,21H2,1-9H3,(H,44,45). The second-order valence-corrected chi connectivity index (χ2v) is 13.9. The first-order valence-electron chi connectivity index (χ1n) is 17.6. The zero-order valence-electron chi connectivity index (χ0n) is 31.6. The number of rotatable bonds is 11. The molecule has 14 nitrogen and oxygen atoms in total. The Balaban J connectivity index is 1.01. The zero-order chi connectivity index (χ0) is 37.1. The molecule has 0 radical (unpaired) electrons. The predicted molar refractivity (Wildman–Crippen MR) is 209 cm³/mol. The Morgan fingerprint density at radius 3 is 2.00 bits per heavy atom. The second-order valence-electron chi connectivity index (χ2n) is 13.9. The highest BCUT2D eigenvalue weighted by atomic mass is 16.5. The number of ether oxygens (including phenoxy) is 1. The maximum Gasteiger partial charge on any atom is 0.304 e. The quantitative estimate of drug-likeness (QED) is 0.162. The fourth-order valence-electron chi connectivity index (χ4n) is 6.90. The molecule has 7 aromatic heterocycles. The van der Waals surface area contributed by atoms with Crippen molar-refractivity contribution < 1.29 is 4.74 Å². The van der Waals surface area contributed by atoms with Crippen LogP contribution < -0.4 is 10.1 Å². The van der Waals surface area contributed by atoms with Gasteiger partial charge in [-0.25, -0.2) is 15.0 Å². The number of likely N-dealkylation sites (N-methyl/N-ethyl adjacent to an activating group) is 1.